The maximum atomic E-state index is 12.6. The zero-order chi connectivity index (χ0) is 26.4. The Hall–Kier alpha value is -4.62. The Kier molecular flexibility index (Phi) is 5.85. The summed E-state index contributed by atoms with van der Waals surface area (Å²) in [6.45, 7) is 6.87. The second-order valence-electron chi connectivity index (χ2n) is 9.53. The monoisotopic (exact) mass is 514 g/mol. The number of hydrogen-bond acceptors (Lipinski definition) is 11. The first kappa shape index (κ1) is 23.8. The molecule has 3 aliphatic heterocycles. The molecular weight excluding hydrogens is 488 g/mol. The maximum Gasteiger partial charge on any atom is 0.410 e. The molecule has 2 aromatic heterocycles. The van der Waals surface area contributed by atoms with Crippen LogP contribution in [0, 0.1) is 29.6 Å². The van der Waals surface area contributed by atoms with E-state index < -0.39 is 0 Å². The number of fused-ring (bicyclic) bond motifs is 2. The molecule has 38 heavy (non-hydrogen) atoms. The van der Waals surface area contributed by atoms with Crippen molar-refractivity contribution in [3.63, 3.8) is 0 Å². The summed E-state index contributed by atoms with van der Waals surface area (Å²) in [4.78, 5) is 25.4. The minimum atomic E-state index is -0.278. The Morgan fingerprint density at radius 3 is 2.79 bits per heavy atom. The molecule has 0 radical (unpaired) electrons. The molecule has 13 heteroatoms. The molecule has 0 unspecified atom stereocenters. The van der Waals surface area contributed by atoms with Crippen molar-refractivity contribution in [2.75, 3.05) is 48.4 Å². The number of ether oxygens (including phenoxy) is 2. The smallest absolute Gasteiger partial charge is 0.410 e. The number of rotatable bonds is 6. The van der Waals surface area contributed by atoms with Crippen molar-refractivity contribution in [2.45, 2.75) is 38.5 Å². The summed E-state index contributed by atoms with van der Waals surface area (Å²) in [5.74, 6) is 0.751. The van der Waals surface area contributed by atoms with Crippen LogP contribution in [0.3, 0.4) is 0 Å². The van der Waals surface area contributed by atoms with E-state index in [-0.39, 0.29) is 35.9 Å². The summed E-state index contributed by atoms with van der Waals surface area (Å²) in [6, 6.07) is 8.05. The van der Waals surface area contributed by atoms with E-state index in [2.05, 4.69) is 42.7 Å². The molecule has 1 aromatic carbocycles. The van der Waals surface area contributed by atoms with Crippen LogP contribution < -0.4 is 15.5 Å². The van der Waals surface area contributed by atoms with E-state index in [1.165, 1.54) is 10.7 Å². The van der Waals surface area contributed by atoms with Crippen molar-refractivity contribution in [3.8, 4) is 12.1 Å². The number of piperidine rings is 1. The highest BCUT2D eigenvalue weighted by Gasteiger charge is 2.49. The molecule has 0 saturated carbocycles. The number of nitrogens with one attached hydrogen (secondary N) is 2. The summed E-state index contributed by atoms with van der Waals surface area (Å²) in [5, 5.41) is 30.1. The van der Waals surface area contributed by atoms with E-state index in [1.807, 2.05) is 24.8 Å². The lowest BCUT2D eigenvalue weighted by atomic mass is 9.97. The van der Waals surface area contributed by atoms with Crippen LogP contribution in [0.5, 0.6) is 0 Å². The third-order valence-corrected chi connectivity index (χ3v) is 7.28. The third-order valence-electron chi connectivity index (χ3n) is 7.28. The zero-order valence-corrected chi connectivity index (χ0v) is 21.0. The summed E-state index contributed by atoms with van der Waals surface area (Å²) < 4.78 is 12.5. The lowest BCUT2D eigenvalue weighted by Gasteiger charge is -2.41. The topological polar surface area (TPSA) is 157 Å². The summed E-state index contributed by atoms with van der Waals surface area (Å²) >= 11 is 0. The van der Waals surface area contributed by atoms with Crippen LogP contribution in [-0.2, 0) is 9.47 Å². The standard InChI is InChI=1S/C25H26N10O3/c1-3-28-22-23-29-10-16(9-27)35(23)32-24(31-22)30-18-6-15(8-26)7-20(14(18)2)33-5-4-19-21(11-33)38-25(36)34(19)17-12-37-13-17/h6-7,10,17,19,21H,3-5,11-13H2,1-2H3,(H2,28,30,31,32)/t19-,21-/m0/s1. The number of aromatic nitrogens is 4. The number of hydrogen-bond donors (Lipinski definition) is 2. The maximum absolute atomic E-state index is 12.6. The van der Waals surface area contributed by atoms with Crippen LogP contribution in [0.2, 0.25) is 0 Å². The summed E-state index contributed by atoms with van der Waals surface area (Å²) in [5.41, 5.74) is 3.65. The van der Waals surface area contributed by atoms with Gasteiger partial charge in [-0.15, -0.1) is 5.10 Å². The van der Waals surface area contributed by atoms with Gasteiger partial charge in [-0.25, -0.2) is 9.78 Å². The molecule has 0 bridgehead atoms. The van der Waals surface area contributed by atoms with Crippen molar-refractivity contribution >= 4 is 34.9 Å². The minimum Gasteiger partial charge on any atom is -0.442 e. The highest BCUT2D eigenvalue weighted by atomic mass is 16.6. The van der Waals surface area contributed by atoms with Gasteiger partial charge >= 0.3 is 6.09 Å². The van der Waals surface area contributed by atoms with Crippen LogP contribution in [0.4, 0.5) is 27.9 Å². The highest BCUT2D eigenvalue weighted by molar-refractivity contribution is 5.75. The number of carbonyl (C=O) groups excluding carboxylic acids is 1. The fourth-order valence-electron chi connectivity index (χ4n) is 5.33. The Bertz CT molecular complexity index is 1500. The molecule has 2 N–H and O–H groups in total. The van der Waals surface area contributed by atoms with Gasteiger partial charge in [-0.3, -0.25) is 4.90 Å². The second kappa shape index (κ2) is 9.36. The first-order chi connectivity index (χ1) is 18.5. The Morgan fingerprint density at radius 1 is 1.24 bits per heavy atom. The predicted octanol–water partition coefficient (Wildman–Crippen LogP) is 2.15. The molecular formula is C25H26N10O3. The molecule has 3 saturated heterocycles. The average Bonchev–Trinajstić information content (AvgIpc) is 3.44. The van der Waals surface area contributed by atoms with Crippen molar-refractivity contribution in [1.29, 1.82) is 10.5 Å². The molecule has 3 fully saturated rings. The van der Waals surface area contributed by atoms with Crippen molar-refractivity contribution < 1.29 is 14.3 Å². The van der Waals surface area contributed by atoms with Crippen LogP contribution in [0.15, 0.2) is 18.3 Å². The fraction of sp³-hybridized carbons (Fsp3) is 0.440. The van der Waals surface area contributed by atoms with E-state index in [1.54, 1.807) is 6.07 Å². The fourth-order valence-corrected chi connectivity index (χ4v) is 5.33. The van der Waals surface area contributed by atoms with Crippen LogP contribution >= 0.6 is 0 Å². The minimum absolute atomic E-state index is 0.0267. The van der Waals surface area contributed by atoms with E-state index in [4.69, 9.17) is 9.47 Å². The van der Waals surface area contributed by atoms with Crippen molar-refractivity contribution in [3.05, 3.63) is 35.2 Å². The molecule has 3 aliphatic rings. The van der Waals surface area contributed by atoms with Gasteiger partial charge < -0.3 is 25.0 Å². The predicted molar refractivity (Wildman–Crippen MR) is 136 cm³/mol. The van der Waals surface area contributed by atoms with Gasteiger partial charge in [0, 0.05) is 24.5 Å². The van der Waals surface area contributed by atoms with Gasteiger partial charge in [-0.1, -0.05) is 0 Å². The summed E-state index contributed by atoms with van der Waals surface area (Å²) in [7, 11) is 0. The van der Waals surface area contributed by atoms with Gasteiger partial charge in [0.2, 0.25) is 5.95 Å². The van der Waals surface area contributed by atoms with Crippen molar-refractivity contribution in [1.82, 2.24) is 24.5 Å². The number of anilines is 4. The lowest BCUT2D eigenvalue weighted by Crippen LogP contribution is -2.57. The normalized spacial score (nSPS) is 20.9. The average molecular weight is 515 g/mol. The number of carbonyl (C=O) groups is 1. The largest absolute Gasteiger partial charge is 0.442 e. The third kappa shape index (κ3) is 3.88. The highest BCUT2D eigenvalue weighted by Crippen LogP contribution is 2.36. The molecule has 0 aliphatic carbocycles. The number of nitrogens with zero attached hydrogens (tertiary/aromatic N) is 8. The molecule has 2 atom stereocenters. The Balaban J connectivity index is 1.31. The molecule has 3 aromatic rings. The molecule has 194 valence electrons. The lowest BCUT2D eigenvalue weighted by molar-refractivity contribution is -0.0567. The zero-order valence-electron chi connectivity index (χ0n) is 21.0. The molecule has 1 amide bonds. The van der Waals surface area contributed by atoms with Crippen LogP contribution in [-0.4, -0.2) is 81.6 Å². The summed E-state index contributed by atoms with van der Waals surface area (Å²) in [6.07, 6.45) is 1.68. The SMILES string of the molecule is CCNc1nc(Nc2cc(C#N)cc(N3CC[C@H]4[C@H](C3)OC(=O)N4C3COC3)c2C)nn2c(C#N)cnc12. The van der Waals surface area contributed by atoms with Gasteiger partial charge in [0.1, 0.15) is 12.2 Å². The van der Waals surface area contributed by atoms with Crippen LogP contribution in [0.25, 0.3) is 5.65 Å². The van der Waals surface area contributed by atoms with Gasteiger partial charge in [0.25, 0.3) is 0 Å². The Morgan fingerprint density at radius 2 is 2.08 bits per heavy atom. The number of benzene rings is 1. The first-order valence-corrected chi connectivity index (χ1v) is 12.5. The first-order valence-electron chi connectivity index (χ1n) is 12.5. The molecule has 0 spiro atoms. The quantitative estimate of drug-likeness (QED) is 0.497. The number of amides is 1. The second-order valence-corrected chi connectivity index (χ2v) is 9.53. The van der Waals surface area contributed by atoms with Gasteiger partial charge in [0.05, 0.1) is 49.7 Å². The van der Waals surface area contributed by atoms with E-state index in [0.717, 1.165) is 17.7 Å². The van der Waals surface area contributed by atoms with Gasteiger partial charge in [0.15, 0.2) is 17.2 Å². The van der Waals surface area contributed by atoms with Gasteiger partial charge in [-0.2, -0.15) is 20.0 Å². The van der Waals surface area contributed by atoms with E-state index >= 15 is 0 Å². The molecule has 5 heterocycles. The van der Waals surface area contributed by atoms with Crippen molar-refractivity contribution in [2.24, 2.45) is 0 Å². The van der Waals surface area contributed by atoms with E-state index in [9.17, 15) is 15.3 Å². The molecule has 13 nitrogen and oxygen atoms in total. The number of imidazole rings is 1. The molecule has 6 rings (SSSR count). The van der Waals surface area contributed by atoms with E-state index in [0.29, 0.717) is 55.6 Å². The van der Waals surface area contributed by atoms with Crippen LogP contribution in [0.1, 0.15) is 30.2 Å². The van der Waals surface area contributed by atoms with Gasteiger partial charge in [-0.05, 0) is 38.0 Å². The Labute approximate surface area is 218 Å². The number of nitriles is 2.